The van der Waals surface area contributed by atoms with Crippen molar-refractivity contribution in [2.45, 2.75) is 12.8 Å². The minimum Gasteiger partial charge on any atom is -0.440 e. The van der Waals surface area contributed by atoms with Gasteiger partial charge in [-0.2, -0.15) is 0 Å². The summed E-state index contributed by atoms with van der Waals surface area (Å²) in [6.07, 6.45) is 0.656. The maximum absolute atomic E-state index is 12.2. The SMILES string of the molecule is C=C1Nc2ccc(CC(=O)Cc3ccc(Cl)c(Cl)c3)cc2O1. The zero-order valence-electron chi connectivity index (χ0n) is 11.7. The summed E-state index contributed by atoms with van der Waals surface area (Å²) >= 11 is 11.8. The highest BCUT2D eigenvalue weighted by Gasteiger charge is 2.16. The van der Waals surface area contributed by atoms with E-state index < -0.39 is 0 Å². The first-order valence-electron chi connectivity index (χ1n) is 6.73. The van der Waals surface area contributed by atoms with Crippen LogP contribution in [0.2, 0.25) is 10.0 Å². The maximum atomic E-state index is 12.2. The molecule has 0 fully saturated rings. The van der Waals surface area contributed by atoms with E-state index in [1.807, 2.05) is 24.3 Å². The summed E-state index contributed by atoms with van der Waals surface area (Å²) in [5.74, 6) is 1.29. The van der Waals surface area contributed by atoms with E-state index in [0.717, 1.165) is 16.8 Å². The Morgan fingerprint density at radius 2 is 1.73 bits per heavy atom. The van der Waals surface area contributed by atoms with Gasteiger partial charge in [-0.3, -0.25) is 4.79 Å². The van der Waals surface area contributed by atoms with E-state index in [1.165, 1.54) is 0 Å². The summed E-state index contributed by atoms with van der Waals surface area (Å²) in [4.78, 5) is 12.2. The molecule has 0 bridgehead atoms. The molecule has 0 atom stereocenters. The summed E-state index contributed by atoms with van der Waals surface area (Å²) in [6.45, 7) is 3.71. The number of nitrogens with one attached hydrogen (secondary N) is 1. The predicted molar refractivity (Wildman–Crippen MR) is 88.7 cm³/mol. The van der Waals surface area contributed by atoms with Crippen LogP contribution >= 0.6 is 23.2 Å². The zero-order chi connectivity index (χ0) is 15.7. The molecule has 0 saturated heterocycles. The fourth-order valence-corrected chi connectivity index (χ4v) is 2.66. The van der Waals surface area contributed by atoms with E-state index in [0.29, 0.717) is 34.5 Å². The molecule has 1 aliphatic rings. The topological polar surface area (TPSA) is 38.3 Å². The van der Waals surface area contributed by atoms with E-state index in [2.05, 4.69) is 11.9 Å². The van der Waals surface area contributed by atoms with Crippen molar-refractivity contribution in [1.82, 2.24) is 0 Å². The predicted octanol–water partition coefficient (Wildman–Crippen LogP) is 4.62. The first-order chi connectivity index (χ1) is 10.5. The molecule has 2 aromatic carbocycles. The van der Waals surface area contributed by atoms with Gasteiger partial charge in [-0.05, 0) is 42.0 Å². The number of fused-ring (bicyclic) bond motifs is 1. The Morgan fingerprint density at radius 3 is 2.45 bits per heavy atom. The van der Waals surface area contributed by atoms with Crippen molar-refractivity contribution in [1.29, 1.82) is 0 Å². The van der Waals surface area contributed by atoms with Gasteiger partial charge in [0.1, 0.15) is 5.78 Å². The fourth-order valence-electron chi connectivity index (χ4n) is 2.34. The fraction of sp³-hybridized carbons (Fsp3) is 0.118. The molecule has 0 spiro atoms. The molecule has 2 aromatic rings. The van der Waals surface area contributed by atoms with Gasteiger partial charge in [0.25, 0.3) is 0 Å². The summed E-state index contributed by atoms with van der Waals surface area (Å²) in [5, 5.41) is 3.95. The molecular formula is C17H13Cl2NO2. The largest absolute Gasteiger partial charge is 0.440 e. The molecule has 0 unspecified atom stereocenters. The summed E-state index contributed by atoms with van der Waals surface area (Å²) in [6, 6.07) is 10.9. The highest BCUT2D eigenvalue weighted by molar-refractivity contribution is 6.42. The van der Waals surface area contributed by atoms with Gasteiger partial charge in [0.15, 0.2) is 11.6 Å². The molecule has 1 N–H and O–H groups in total. The Bertz CT molecular complexity index is 771. The molecule has 1 aliphatic heterocycles. The number of Topliss-reactive ketones (excluding diaryl/α,β-unsaturated/α-hetero) is 1. The van der Waals surface area contributed by atoms with E-state index in [4.69, 9.17) is 27.9 Å². The number of benzene rings is 2. The van der Waals surface area contributed by atoms with Gasteiger partial charge in [0.05, 0.1) is 15.7 Å². The lowest BCUT2D eigenvalue weighted by molar-refractivity contribution is -0.117. The number of hydrogen-bond acceptors (Lipinski definition) is 3. The quantitative estimate of drug-likeness (QED) is 0.886. The smallest absolute Gasteiger partial charge is 0.190 e. The van der Waals surface area contributed by atoms with Crippen LogP contribution in [0.25, 0.3) is 0 Å². The van der Waals surface area contributed by atoms with Crippen LogP contribution in [-0.4, -0.2) is 5.78 Å². The second-order valence-corrected chi connectivity index (χ2v) is 5.94. The lowest BCUT2D eigenvalue weighted by atomic mass is 10.0. The van der Waals surface area contributed by atoms with Crippen LogP contribution in [0.4, 0.5) is 5.69 Å². The van der Waals surface area contributed by atoms with Gasteiger partial charge in [0, 0.05) is 12.8 Å². The standard InChI is InChI=1S/C17H13Cl2NO2/c1-10-20-16-5-3-12(9-17(16)22-10)7-13(21)6-11-2-4-14(18)15(19)8-11/h2-5,8-9,20H,1,6-7H2. The minimum atomic E-state index is 0.100. The number of anilines is 1. The number of ketones is 1. The summed E-state index contributed by atoms with van der Waals surface area (Å²) in [5.41, 5.74) is 2.62. The molecular weight excluding hydrogens is 321 g/mol. The monoisotopic (exact) mass is 333 g/mol. The number of hydrogen-bond donors (Lipinski definition) is 1. The van der Waals surface area contributed by atoms with Crippen LogP contribution in [0.5, 0.6) is 5.75 Å². The van der Waals surface area contributed by atoms with Crippen molar-refractivity contribution in [3.8, 4) is 5.75 Å². The Morgan fingerprint density at radius 1 is 1.05 bits per heavy atom. The lowest BCUT2D eigenvalue weighted by Gasteiger charge is -2.05. The van der Waals surface area contributed by atoms with Gasteiger partial charge in [-0.1, -0.05) is 35.3 Å². The van der Waals surface area contributed by atoms with Crippen molar-refractivity contribution in [2.75, 3.05) is 5.32 Å². The number of carbonyl (C=O) groups excluding carboxylic acids is 1. The molecule has 0 aromatic heterocycles. The third kappa shape index (κ3) is 3.26. The molecule has 0 saturated carbocycles. The third-order valence-electron chi connectivity index (χ3n) is 3.34. The molecule has 112 valence electrons. The van der Waals surface area contributed by atoms with E-state index >= 15 is 0 Å². The molecule has 3 rings (SSSR count). The van der Waals surface area contributed by atoms with Crippen LogP contribution in [0.15, 0.2) is 48.9 Å². The Hall–Kier alpha value is -1.97. The van der Waals surface area contributed by atoms with Crippen molar-refractivity contribution in [2.24, 2.45) is 0 Å². The highest BCUT2D eigenvalue weighted by atomic mass is 35.5. The average molecular weight is 334 g/mol. The van der Waals surface area contributed by atoms with Crippen molar-refractivity contribution in [3.63, 3.8) is 0 Å². The van der Waals surface area contributed by atoms with Gasteiger partial charge >= 0.3 is 0 Å². The normalized spacial score (nSPS) is 12.5. The van der Waals surface area contributed by atoms with Gasteiger partial charge in [0.2, 0.25) is 0 Å². The second kappa shape index (κ2) is 6.03. The number of rotatable bonds is 4. The Kier molecular flexibility index (Phi) is 4.10. The number of carbonyl (C=O) groups is 1. The first-order valence-corrected chi connectivity index (χ1v) is 7.49. The molecule has 0 radical (unpaired) electrons. The van der Waals surface area contributed by atoms with Crippen molar-refractivity contribution < 1.29 is 9.53 Å². The van der Waals surface area contributed by atoms with Crippen LogP contribution < -0.4 is 10.1 Å². The zero-order valence-corrected chi connectivity index (χ0v) is 13.2. The van der Waals surface area contributed by atoms with Crippen LogP contribution in [0.3, 0.4) is 0 Å². The van der Waals surface area contributed by atoms with Gasteiger partial charge in [-0.15, -0.1) is 0 Å². The number of ether oxygens (including phenoxy) is 1. The minimum absolute atomic E-state index is 0.100. The van der Waals surface area contributed by atoms with Crippen molar-refractivity contribution in [3.05, 3.63) is 70.0 Å². The molecule has 22 heavy (non-hydrogen) atoms. The van der Waals surface area contributed by atoms with Gasteiger partial charge < -0.3 is 10.1 Å². The van der Waals surface area contributed by atoms with Crippen LogP contribution in [0.1, 0.15) is 11.1 Å². The third-order valence-corrected chi connectivity index (χ3v) is 4.08. The molecule has 1 heterocycles. The van der Waals surface area contributed by atoms with E-state index in [9.17, 15) is 4.79 Å². The van der Waals surface area contributed by atoms with Crippen LogP contribution in [-0.2, 0) is 17.6 Å². The summed E-state index contributed by atoms with van der Waals surface area (Å²) in [7, 11) is 0. The lowest BCUT2D eigenvalue weighted by Crippen LogP contribution is -2.06. The van der Waals surface area contributed by atoms with Gasteiger partial charge in [-0.25, -0.2) is 0 Å². The Balaban J connectivity index is 1.68. The van der Waals surface area contributed by atoms with Crippen molar-refractivity contribution >= 4 is 34.7 Å². The molecule has 5 heteroatoms. The molecule has 3 nitrogen and oxygen atoms in total. The molecule has 0 amide bonds. The highest BCUT2D eigenvalue weighted by Crippen LogP contribution is 2.33. The van der Waals surface area contributed by atoms with E-state index in [1.54, 1.807) is 12.1 Å². The van der Waals surface area contributed by atoms with Crippen LogP contribution in [0, 0.1) is 0 Å². The Labute approximate surface area is 138 Å². The molecule has 0 aliphatic carbocycles. The number of halogens is 2. The van der Waals surface area contributed by atoms with E-state index in [-0.39, 0.29) is 5.78 Å². The maximum Gasteiger partial charge on any atom is 0.190 e. The summed E-state index contributed by atoms with van der Waals surface area (Å²) < 4.78 is 5.43. The second-order valence-electron chi connectivity index (χ2n) is 5.12. The average Bonchev–Trinajstić information content (AvgIpc) is 2.82. The first kappa shape index (κ1) is 14.9.